The summed E-state index contributed by atoms with van der Waals surface area (Å²) in [7, 11) is 1.67. The molecule has 1 saturated carbocycles. The SMILES string of the molecule is COC1CCC(NC(=O)C(C)C(C)C(=O)O)C1. The Kier molecular flexibility index (Phi) is 4.93. The molecule has 0 aromatic rings. The van der Waals surface area contributed by atoms with E-state index in [2.05, 4.69) is 5.32 Å². The van der Waals surface area contributed by atoms with Crippen LogP contribution in [0.4, 0.5) is 0 Å². The number of methoxy groups -OCH3 is 1. The summed E-state index contributed by atoms with van der Waals surface area (Å²) in [6, 6.07) is 0.121. The van der Waals surface area contributed by atoms with Crippen LogP contribution in [0.5, 0.6) is 0 Å². The van der Waals surface area contributed by atoms with Gasteiger partial charge in [-0.05, 0) is 19.3 Å². The van der Waals surface area contributed by atoms with Crippen LogP contribution < -0.4 is 5.32 Å². The highest BCUT2D eigenvalue weighted by Crippen LogP contribution is 2.22. The van der Waals surface area contributed by atoms with Crippen LogP contribution in [0.1, 0.15) is 33.1 Å². The first-order valence-electron chi connectivity index (χ1n) is 6.01. The van der Waals surface area contributed by atoms with Gasteiger partial charge in [0, 0.05) is 19.1 Å². The molecule has 1 aliphatic carbocycles. The van der Waals surface area contributed by atoms with Crippen molar-refractivity contribution in [1.82, 2.24) is 5.32 Å². The highest BCUT2D eigenvalue weighted by atomic mass is 16.5. The van der Waals surface area contributed by atoms with Gasteiger partial charge in [-0.15, -0.1) is 0 Å². The zero-order chi connectivity index (χ0) is 13.0. The molecule has 1 amide bonds. The van der Waals surface area contributed by atoms with E-state index < -0.39 is 17.8 Å². The van der Waals surface area contributed by atoms with Crippen molar-refractivity contribution in [2.45, 2.75) is 45.3 Å². The van der Waals surface area contributed by atoms with Crippen molar-refractivity contribution in [2.75, 3.05) is 7.11 Å². The fourth-order valence-electron chi connectivity index (χ4n) is 2.06. The van der Waals surface area contributed by atoms with E-state index >= 15 is 0 Å². The third kappa shape index (κ3) is 3.70. The lowest BCUT2D eigenvalue weighted by molar-refractivity contribution is -0.146. The molecule has 4 unspecified atom stereocenters. The zero-order valence-electron chi connectivity index (χ0n) is 10.6. The molecule has 0 aromatic carbocycles. The minimum Gasteiger partial charge on any atom is -0.481 e. The van der Waals surface area contributed by atoms with Gasteiger partial charge in [0.25, 0.3) is 0 Å². The predicted molar refractivity (Wildman–Crippen MR) is 62.5 cm³/mol. The summed E-state index contributed by atoms with van der Waals surface area (Å²) in [4.78, 5) is 22.6. The zero-order valence-corrected chi connectivity index (χ0v) is 10.6. The Morgan fingerprint density at radius 2 is 1.94 bits per heavy atom. The second-order valence-electron chi connectivity index (χ2n) is 4.79. The van der Waals surface area contributed by atoms with Crippen LogP contribution in [-0.4, -0.2) is 36.2 Å². The van der Waals surface area contributed by atoms with Gasteiger partial charge in [0.2, 0.25) is 5.91 Å². The third-order valence-electron chi connectivity index (χ3n) is 3.62. The number of nitrogens with one attached hydrogen (secondary N) is 1. The lowest BCUT2D eigenvalue weighted by Gasteiger charge is -2.19. The van der Waals surface area contributed by atoms with Crippen molar-refractivity contribution in [3.63, 3.8) is 0 Å². The maximum Gasteiger partial charge on any atom is 0.307 e. The van der Waals surface area contributed by atoms with Crippen LogP contribution in [0.25, 0.3) is 0 Å². The summed E-state index contributed by atoms with van der Waals surface area (Å²) in [5.41, 5.74) is 0. The minimum atomic E-state index is -0.936. The molecule has 0 saturated heterocycles. The predicted octanol–water partition coefficient (Wildman–Crippen LogP) is 1.03. The number of carboxylic acids is 1. The van der Waals surface area contributed by atoms with E-state index in [4.69, 9.17) is 9.84 Å². The molecule has 0 aromatic heterocycles. The number of carbonyl (C=O) groups is 2. The molecule has 98 valence electrons. The number of amides is 1. The normalized spacial score (nSPS) is 27.5. The largest absolute Gasteiger partial charge is 0.481 e. The van der Waals surface area contributed by atoms with E-state index in [9.17, 15) is 9.59 Å². The number of hydrogen-bond acceptors (Lipinski definition) is 3. The Balaban J connectivity index is 2.42. The minimum absolute atomic E-state index is 0.121. The molecule has 0 aliphatic heterocycles. The topological polar surface area (TPSA) is 75.6 Å². The molecule has 0 heterocycles. The fourth-order valence-corrected chi connectivity index (χ4v) is 2.06. The first-order chi connectivity index (χ1) is 7.95. The summed E-state index contributed by atoms with van der Waals surface area (Å²) in [6.45, 7) is 3.20. The van der Waals surface area contributed by atoms with Crippen molar-refractivity contribution in [3.05, 3.63) is 0 Å². The lowest BCUT2D eigenvalue weighted by atomic mass is 9.95. The maximum atomic E-state index is 11.8. The molecule has 1 fully saturated rings. The quantitative estimate of drug-likeness (QED) is 0.756. The highest BCUT2D eigenvalue weighted by molar-refractivity contribution is 5.84. The molecule has 2 N–H and O–H groups in total. The molecular weight excluding hydrogens is 222 g/mol. The number of carbonyl (C=O) groups excluding carboxylic acids is 1. The van der Waals surface area contributed by atoms with E-state index in [1.807, 2.05) is 0 Å². The molecule has 5 nitrogen and oxygen atoms in total. The lowest BCUT2D eigenvalue weighted by Crippen LogP contribution is -2.40. The summed E-state index contributed by atoms with van der Waals surface area (Å²) in [5, 5.41) is 11.7. The van der Waals surface area contributed by atoms with Gasteiger partial charge in [-0.1, -0.05) is 13.8 Å². The van der Waals surface area contributed by atoms with Crippen LogP contribution in [0.3, 0.4) is 0 Å². The Hall–Kier alpha value is -1.10. The monoisotopic (exact) mass is 243 g/mol. The standard InChI is InChI=1S/C12H21NO4/c1-7(8(2)12(15)16)11(14)13-9-4-5-10(6-9)17-3/h7-10H,4-6H2,1-3H3,(H,13,14)(H,15,16). The maximum absolute atomic E-state index is 11.8. The van der Waals surface area contributed by atoms with E-state index in [1.165, 1.54) is 0 Å². The number of aliphatic carboxylic acids is 1. The number of hydrogen-bond donors (Lipinski definition) is 2. The summed E-state index contributed by atoms with van der Waals surface area (Å²) < 4.78 is 5.22. The molecule has 0 bridgehead atoms. The van der Waals surface area contributed by atoms with Crippen molar-refractivity contribution in [3.8, 4) is 0 Å². The number of carboxylic acid groups (broad SMARTS) is 1. The average Bonchev–Trinajstić information content (AvgIpc) is 2.74. The van der Waals surface area contributed by atoms with Gasteiger partial charge in [-0.3, -0.25) is 9.59 Å². The van der Waals surface area contributed by atoms with Crippen molar-refractivity contribution in [1.29, 1.82) is 0 Å². The second-order valence-corrected chi connectivity index (χ2v) is 4.79. The second kappa shape index (κ2) is 6.00. The molecule has 17 heavy (non-hydrogen) atoms. The average molecular weight is 243 g/mol. The van der Waals surface area contributed by atoms with Crippen molar-refractivity contribution in [2.24, 2.45) is 11.8 Å². The summed E-state index contributed by atoms with van der Waals surface area (Å²) in [5.74, 6) is -2.28. The van der Waals surface area contributed by atoms with E-state index in [0.717, 1.165) is 19.3 Å². The van der Waals surface area contributed by atoms with E-state index in [1.54, 1.807) is 21.0 Å². The summed E-state index contributed by atoms with van der Waals surface area (Å²) in [6.07, 6.45) is 2.88. The number of ether oxygens (including phenoxy) is 1. The van der Waals surface area contributed by atoms with Crippen LogP contribution in [0.2, 0.25) is 0 Å². The van der Waals surface area contributed by atoms with Crippen LogP contribution in [0.15, 0.2) is 0 Å². The Morgan fingerprint density at radius 3 is 2.41 bits per heavy atom. The molecule has 0 radical (unpaired) electrons. The smallest absolute Gasteiger partial charge is 0.307 e. The van der Waals surface area contributed by atoms with Crippen LogP contribution in [0, 0.1) is 11.8 Å². The van der Waals surface area contributed by atoms with Gasteiger partial charge in [0.05, 0.1) is 12.0 Å². The molecule has 0 spiro atoms. The first-order valence-corrected chi connectivity index (χ1v) is 6.01. The van der Waals surface area contributed by atoms with Crippen molar-refractivity contribution >= 4 is 11.9 Å². The Morgan fingerprint density at radius 1 is 1.29 bits per heavy atom. The van der Waals surface area contributed by atoms with E-state index in [0.29, 0.717) is 0 Å². The van der Waals surface area contributed by atoms with Crippen LogP contribution in [-0.2, 0) is 14.3 Å². The van der Waals surface area contributed by atoms with E-state index in [-0.39, 0.29) is 18.1 Å². The van der Waals surface area contributed by atoms with Gasteiger partial charge in [-0.2, -0.15) is 0 Å². The molecule has 1 aliphatic rings. The Labute approximate surface area is 102 Å². The van der Waals surface area contributed by atoms with Gasteiger partial charge in [0.1, 0.15) is 0 Å². The molecule has 4 atom stereocenters. The number of rotatable bonds is 5. The highest BCUT2D eigenvalue weighted by Gasteiger charge is 2.30. The van der Waals surface area contributed by atoms with Gasteiger partial charge in [0.15, 0.2) is 0 Å². The first kappa shape index (κ1) is 14.0. The molecule has 1 rings (SSSR count). The third-order valence-corrected chi connectivity index (χ3v) is 3.62. The molecular formula is C12H21NO4. The van der Waals surface area contributed by atoms with Crippen LogP contribution >= 0.6 is 0 Å². The van der Waals surface area contributed by atoms with Gasteiger partial charge < -0.3 is 15.2 Å². The van der Waals surface area contributed by atoms with Gasteiger partial charge in [-0.25, -0.2) is 0 Å². The van der Waals surface area contributed by atoms with Gasteiger partial charge >= 0.3 is 5.97 Å². The summed E-state index contributed by atoms with van der Waals surface area (Å²) >= 11 is 0. The van der Waals surface area contributed by atoms with Crippen molar-refractivity contribution < 1.29 is 19.4 Å². The fraction of sp³-hybridized carbons (Fsp3) is 0.833. The Bertz CT molecular complexity index is 292. The molecule has 5 heteroatoms.